The van der Waals surface area contributed by atoms with Crippen LogP contribution in [-0.2, 0) is 6.18 Å². The molecule has 1 amide bonds. The number of rotatable bonds is 5. The van der Waals surface area contributed by atoms with Crippen molar-refractivity contribution in [3.05, 3.63) is 77.2 Å². The molecule has 0 atom stereocenters. The standard InChI is InChI=1S/C21H13F4N3O3/c1-30-18-9-14(22)4-7-17(18)31-20-16(8-13(11-27-20)21(23,24)25)19(29)28-15-5-2-12(10-26)3-6-15/h2-9,11H,1H3,(H,28,29). The highest BCUT2D eigenvalue weighted by atomic mass is 19.4. The summed E-state index contributed by atoms with van der Waals surface area (Å²) in [5.41, 5.74) is -1.08. The molecule has 3 rings (SSSR count). The summed E-state index contributed by atoms with van der Waals surface area (Å²) in [5, 5.41) is 11.3. The van der Waals surface area contributed by atoms with Gasteiger partial charge in [-0.3, -0.25) is 4.79 Å². The molecule has 0 fully saturated rings. The minimum atomic E-state index is -4.75. The maximum absolute atomic E-state index is 13.4. The summed E-state index contributed by atoms with van der Waals surface area (Å²) in [4.78, 5) is 16.3. The van der Waals surface area contributed by atoms with Crippen molar-refractivity contribution in [1.29, 1.82) is 5.26 Å². The first-order chi connectivity index (χ1) is 14.7. The predicted molar refractivity (Wildman–Crippen MR) is 101 cm³/mol. The van der Waals surface area contributed by atoms with Crippen molar-refractivity contribution in [1.82, 2.24) is 4.98 Å². The Balaban J connectivity index is 1.99. The number of hydrogen-bond acceptors (Lipinski definition) is 5. The SMILES string of the molecule is COc1cc(F)ccc1Oc1ncc(C(F)(F)F)cc1C(=O)Nc1ccc(C#N)cc1. The van der Waals surface area contributed by atoms with E-state index >= 15 is 0 Å². The number of amides is 1. The fraction of sp³-hybridized carbons (Fsp3) is 0.0952. The van der Waals surface area contributed by atoms with E-state index in [1.807, 2.05) is 6.07 Å². The molecule has 0 aliphatic heterocycles. The topological polar surface area (TPSA) is 84.2 Å². The van der Waals surface area contributed by atoms with E-state index in [9.17, 15) is 22.4 Å². The third-order valence-electron chi connectivity index (χ3n) is 4.03. The Kier molecular flexibility index (Phi) is 6.06. The Morgan fingerprint density at radius 1 is 1.10 bits per heavy atom. The molecule has 0 saturated carbocycles. The Morgan fingerprint density at radius 3 is 2.42 bits per heavy atom. The second kappa shape index (κ2) is 8.71. The van der Waals surface area contributed by atoms with Crippen LogP contribution in [0.15, 0.2) is 54.7 Å². The molecule has 10 heteroatoms. The summed E-state index contributed by atoms with van der Waals surface area (Å²) in [5.74, 6) is -2.09. The zero-order valence-electron chi connectivity index (χ0n) is 15.8. The van der Waals surface area contributed by atoms with E-state index in [-0.39, 0.29) is 17.2 Å². The number of methoxy groups -OCH3 is 1. The van der Waals surface area contributed by atoms with Crippen molar-refractivity contribution in [3.63, 3.8) is 0 Å². The van der Waals surface area contributed by atoms with Crippen molar-refractivity contribution in [3.8, 4) is 23.4 Å². The Labute approximate surface area is 173 Å². The Morgan fingerprint density at radius 2 is 1.81 bits per heavy atom. The highest BCUT2D eigenvalue weighted by molar-refractivity contribution is 6.06. The average Bonchev–Trinajstić information content (AvgIpc) is 2.74. The van der Waals surface area contributed by atoms with Crippen LogP contribution in [0.3, 0.4) is 0 Å². The number of hydrogen-bond donors (Lipinski definition) is 1. The molecule has 1 heterocycles. The number of halogens is 4. The summed E-state index contributed by atoms with van der Waals surface area (Å²) in [6.45, 7) is 0. The molecule has 2 aromatic carbocycles. The molecule has 0 spiro atoms. The van der Waals surface area contributed by atoms with Gasteiger partial charge in [0.25, 0.3) is 5.91 Å². The number of carbonyl (C=O) groups is 1. The number of nitriles is 1. The quantitative estimate of drug-likeness (QED) is 0.564. The van der Waals surface area contributed by atoms with E-state index in [1.165, 1.54) is 37.4 Å². The lowest BCUT2D eigenvalue weighted by atomic mass is 10.1. The van der Waals surface area contributed by atoms with Gasteiger partial charge in [-0.1, -0.05) is 0 Å². The van der Waals surface area contributed by atoms with Crippen molar-refractivity contribution in [2.45, 2.75) is 6.18 Å². The summed E-state index contributed by atoms with van der Waals surface area (Å²) in [6, 6.07) is 11.5. The van der Waals surface area contributed by atoms with Crippen LogP contribution in [-0.4, -0.2) is 18.0 Å². The Bertz CT molecular complexity index is 1160. The Hall–Kier alpha value is -4.13. The molecule has 6 nitrogen and oxygen atoms in total. The molecule has 0 bridgehead atoms. The van der Waals surface area contributed by atoms with Crippen LogP contribution in [0.4, 0.5) is 23.2 Å². The van der Waals surface area contributed by atoms with Crippen LogP contribution in [0.25, 0.3) is 0 Å². The van der Waals surface area contributed by atoms with Gasteiger partial charge in [0.15, 0.2) is 11.5 Å². The third kappa shape index (κ3) is 5.08. The summed E-state index contributed by atoms with van der Waals surface area (Å²) in [7, 11) is 1.25. The molecule has 31 heavy (non-hydrogen) atoms. The molecule has 0 aliphatic carbocycles. The van der Waals surface area contributed by atoms with E-state index in [4.69, 9.17) is 14.7 Å². The number of alkyl halides is 3. The van der Waals surface area contributed by atoms with Crippen LogP contribution in [0, 0.1) is 17.1 Å². The first-order valence-electron chi connectivity index (χ1n) is 8.61. The zero-order valence-corrected chi connectivity index (χ0v) is 15.8. The number of aromatic nitrogens is 1. The van der Waals surface area contributed by atoms with Crippen molar-refractivity contribution >= 4 is 11.6 Å². The van der Waals surface area contributed by atoms with Crippen molar-refractivity contribution in [2.75, 3.05) is 12.4 Å². The van der Waals surface area contributed by atoms with E-state index < -0.39 is 34.9 Å². The van der Waals surface area contributed by atoms with Gasteiger partial charge < -0.3 is 14.8 Å². The van der Waals surface area contributed by atoms with Gasteiger partial charge >= 0.3 is 6.18 Å². The minimum absolute atomic E-state index is 0.0415. The van der Waals surface area contributed by atoms with E-state index in [1.54, 1.807) is 0 Å². The number of nitrogens with zero attached hydrogens (tertiary/aromatic N) is 2. The monoisotopic (exact) mass is 431 g/mol. The lowest BCUT2D eigenvalue weighted by molar-refractivity contribution is -0.137. The third-order valence-corrected chi connectivity index (χ3v) is 4.03. The highest BCUT2D eigenvalue weighted by Crippen LogP contribution is 2.35. The number of pyridine rings is 1. The van der Waals surface area contributed by atoms with Crippen LogP contribution in [0.2, 0.25) is 0 Å². The second-order valence-corrected chi connectivity index (χ2v) is 6.11. The van der Waals surface area contributed by atoms with Crippen molar-refractivity contribution in [2.24, 2.45) is 0 Å². The van der Waals surface area contributed by atoms with Gasteiger partial charge in [-0.25, -0.2) is 9.37 Å². The lowest BCUT2D eigenvalue weighted by Gasteiger charge is -2.15. The van der Waals surface area contributed by atoms with E-state index in [0.717, 1.165) is 12.1 Å². The van der Waals surface area contributed by atoms with Crippen LogP contribution in [0.5, 0.6) is 17.4 Å². The minimum Gasteiger partial charge on any atom is -0.493 e. The molecule has 1 aromatic heterocycles. The second-order valence-electron chi connectivity index (χ2n) is 6.11. The first-order valence-corrected chi connectivity index (χ1v) is 8.61. The highest BCUT2D eigenvalue weighted by Gasteiger charge is 2.33. The number of ether oxygens (including phenoxy) is 2. The summed E-state index contributed by atoms with van der Waals surface area (Å²) >= 11 is 0. The normalized spacial score (nSPS) is 10.8. The van der Waals surface area contributed by atoms with Gasteiger partial charge in [0.2, 0.25) is 5.88 Å². The van der Waals surface area contributed by atoms with E-state index in [0.29, 0.717) is 17.8 Å². The number of carbonyl (C=O) groups excluding carboxylic acids is 1. The molecule has 0 unspecified atom stereocenters. The van der Waals surface area contributed by atoms with Gasteiger partial charge in [-0.15, -0.1) is 0 Å². The van der Waals surface area contributed by atoms with E-state index in [2.05, 4.69) is 10.3 Å². The molecule has 3 aromatic rings. The predicted octanol–water partition coefficient (Wildman–Crippen LogP) is 5.16. The van der Waals surface area contributed by atoms with Crippen molar-refractivity contribution < 1.29 is 31.8 Å². The number of anilines is 1. The molecular formula is C21H13F4N3O3. The fourth-order valence-corrected chi connectivity index (χ4v) is 2.51. The smallest absolute Gasteiger partial charge is 0.417 e. The number of benzene rings is 2. The summed E-state index contributed by atoms with van der Waals surface area (Å²) in [6.07, 6.45) is -4.23. The molecule has 158 valence electrons. The largest absolute Gasteiger partial charge is 0.493 e. The van der Waals surface area contributed by atoms with Gasteiger partial charge in [0, 0.05) is 18.0 Å². The van der Waals surface area contributed by atoms with Gasteiger partial charge in [-0.2, -0.15) is 18.4 Å². The molecular weight excluding hydrogens is 418 g/mol. The number of nitrogens with one attached hydrogen (secondary N) is 1. The first kappa shape index (κ1) is 21.6. The fourth-order valence-electron chi connectivity index (χ4n) is 2.51. The molecule has 0 aliphatic rings. The van der Waals surface area contributed by atoms with Crippen LogP contribution < -0.4 is 14.8 Å². The average molecular weight is 431 g/mol. The van der Waals surface area contributed by atoms with Crippen LogP contribution >= 0.6 is 0 Å². The lowest BCUT2D eigenvalue weighted by Crippen LogP contribution is -2.16. The molecule has 0 saturated heterocycles. The maximum Gasteiger partial charge on any atom is 0.417 e. The summed E-state index contributed by atoms with van der Waals surface area (Å²) < 4.78 is 63.3. The molecule has 1 N–H and O–H groups in total. The molecule has 0 radical (unpaired) electrons. The van der Waals surface area contributed by atoms with Gasteiger partial charge in [0.05, 0.1) is 24.3 Å². The maximum atomic E-state index is 13.4. The van der Waals surface area contributed by atoms with Gasteiger partial charge in [0.1, 0.15) is 11.4 Å². The van der Waals surface area contributed by atoms with Gasteiger partial charge in [-0.05, 0) is 42.5 Å². The van der Waals surface area contributed by atoms with Crippen LogP contribution in [0.1, 0.15) is 21.5 Å². The zero-order chi connectivity index (χ0) is 22.6.